The van der Waals surface area contributed by atoms with Gasteiger partial charge in [-0.2, -0.15) is 0 Å². The predicted molar refractivity (Wildman–Crippen MR) is 94.2 cm³/mol. The van der Waals surface area contributed by atoms with Crippen LogP contribution in [0, 0.1) is 0 Å². The Morgan fingerprint density at radius 3 is 2.50 bits per heavy atom. The lowest BCUT2D eigenvalue weighted by molar-refractivity contribution is 0.868. The van der Waals surface area contributed by atoms with Crippen LogP contribution in [0.1, 0.15) is 31.0 Å². The molecule has 0 spiro atoms. The zero-order valence-electron chi connectivity index (χ0n) is 12.8. The molecule has 0 aliphatic heterocycles. The maximum Gasteiger partial charge on any atom is 0.0618 e. The van der Waals surface area contributed by atoms with Crippen molar-refractivity contribution in [3.8, 4) is 11.1 Å². The molecule has 3 heteroatoms. The van der Waals surface area contributed by atoms with Crippen LogP contribution in [0.4, 0.5) is 0 Å². The molecular weight excluding hydrogens is 292 g/mol. The topological polar surface area (TPSA) is 38.9 Å². The summed E-state index contributed by atoms with van der Waals surface area (Å²) >= 11 is 6.36. The van der Waals surface area contributed by atoms with E-state index in [1.165, 1.54) is 5.56 Å². The van der Waals surface area contributed by atoms with E-state index in [2.05, 4.69) is 37.0 Å². The first-order chi connectivity index (χ1) is 10.6. The van der Waals surface area contributed by atoms with Gasteiger partial charge in [0.05, 0.1) is 5.69 Å². The number of hydrogen-bond acceptors (Lipinski definition) is 2. The van der Waals surface area contributed by atoms with E-state index in [1.54, 1.807) is 0 Å². The predicted octanol–water partition coefficient (Wildman–Crippen LogP) is 5.14. The summed E-state index contributed by atoms with van der Waals surface area (Å²) in [4.78, 5) is 4.56. The monoisotopic (exact) mass is 310 g/mol. The van der Waals surface area contributed by atoms with Gasteiger partial charge in [0.25, 0.3) is 0 Å². The lowest BCUT2D eigenvalue weighted by Crippen LogP contribution is -2.02. The number of hydrogen-bond donors (Lipinski definition) is 1. The van der Waals surface area contributed by atoms with Gasteiger partial charge in [0.2, 0.25) is 0 Å². The zero-order valence-corrected chi connectivity index (χ0v) is 13.6. The van der Waals surface area contributed by atoms with E-state index >= 15 is 0 Å². The van der Waals surface area contributed by atoms with Gasteiger partial charge in [-0.05, 0) is 29.0 Å². The highest BCUT2D eigenvalue weighted by atomic mass is 35.5. The van der Waals surface area contributed by atoms with Crippen molar-refractivity contribution in [1.82, 2.24) is 4.98 Å². The van der Waals surface area contributed by atoms with Crippen LogP contribution in [0.25, 0.3) is 21.9 Å². The first-order valence-electron chi connectivity index (χ1n) is 7.48. The van der Waals surface area contributed by atoms with Crippen LogP contribution in [-0.4, -0.2) is 4.98 Å². The van der Waals surface area contributed by atoms with Crippen molar-refractivity contribution in [1.29, 1.82) is 0 Å². The van der Waals surface area contributed by atoms with Crippen molar-refractivity contribution in [3.63, 3.8) is 0 Å². The molecule has 112 valence electrons. The molecule has 2 N–H and O–H groups in total. The molecule has 0 radical (unpaired) electrons. The molecule has 0 atom stereocenters. The Morgan fingerprint density at radius 1 is 1.05 bits per heavy atom. The second-order valence-corrected chi connectivity index (χ2v) is 6.17. The molecule has 0 aliphatic rings. The van der Waals surface area contributed by atoms with Gasteiger partial charge in [-0.25, -0.2) is 0 Å². The van der Waals surface area contributed by atoms with Crippen LogP contribution < -0.4 is 5.73 Å². The van der Waals surface area contributed by atoms with E-state index in [-0.39, 0.29) is 0 Å². The molecular formula is C19H19ClN2. The van der Waals surface area contributed by atoms with Gasteiger partial charge >= 0.3 is 0 Å². The normalized spacial score (nSPS) is 11.3. The Kier molecular flexibility index (Phi) is 4.14. The van der Waals surface area contributed by atoms with E-state index in [1.807, 2.05) is 30.5 Å². The largest absolute Gasteiger partial charge is 0.325 e. The summed E-state index contributed by atoms with van der Waals surface area (Å²) in [6.07, 6.45) is 1.88. The van der Waals surface area contributed by atoms with E-state index < -0.39 is 0 Å². The standard InChI is InChI=1S/C19H19ClN2/c1-12(2)13-7-8-14-16(9-13)19(10-21)22-11-17(14)15-5-3-4-6-18(15)20/h3-9,11-12H,10,21H2,1-2H3. The van der Waals surface area contributed by atoms with Gasteiger partial charge in [0.1, 0.15) is 0 Å². The summed E-state index contributed by atoms with van der Waals surface area (Å²) in [5, 5.41) is 3.00. The molecule has 1 aromatic heterocycles. The summed E-state index contributed by atoms with van der Waals surface area (Å²) in [7, 11) is 0. The van der Waals surface area contributed by atoms with Crippen LogP contribution in [0.3, 0.4) is 0 Å². The average molecular weight is 311 g/mol. The molecule has 2 aromatic carbocycles. The summed E-state index contributed by atoms with van der Waals surface area (Å²) in [6, 6.07) is 14.4. The first kappa shape index (κ1) is 15.0. The van der Waals surface area contributed by atoms with Crippen molar-refractivity contribution in [2.24, 2.45) is 5.73 Å². The fourth-order valence-corrected chi connectivity index (χ4v) is 2.97. The number of nitrogens with zero attached hydrogens (tertiary/aromatic N) is 1. The molecule has 0 aliphatic carbocycles. The van der Waals surface area contributed by atoms with Crippen LogP contribution in [-0.2, 0) is 6.54 Å². The van der Waals surface area contributed by atoms with Crippen LogP contribution in [0.2, 0.25) is 5.02 Å². The highest BCUT2D eigenvalue weighted by molar-refractivity contribution is 6.33. The molecule has 3 aromatic rings. The van der Waals surface area contributed by atoms with Crippen LogP contribution in [0.5, 0.6) is 0 Å². The summed E-state index contributed by atoms with van der Waals surface area (Å²) in [5.41, 5.74) is 10.1. The number of benzene rings is 2. The average Bonchev–Trinajstić information content (AvgIpc) is 2.54. The van der Waals surface area contributed by atoms with E-state index in [4.69, 9.17) is 17.3 Å². The lowest BCUT2D eigenvalue weighted by atomic mass is 9.94. The molecule has 0 unspecified atom stereocenters. The van der Waals surface area contributed by atoms with Crippen molar-refractivity contribution in [3.05, 3.63) is 64.9 Å². The fourth-order valence-electron chi connectivity index (χ4n) is 2.73. The molecule has 0 saturated carbocycles. The SMILES string of the molecule is CC(C)c1ccc2c(-c3ccccc3Cl)cnc(CN)c2c1. The number of nitrogens with two attached hydrogens (primary N) is 1. The van der Waals surface area contributed by atoms with Crippen molar-refractivity contribution in [2.75, 3.05) is 0 Å². The number of pyridine rings is 1. The molecule has 0 amide bonds. The third-order valence-electron chi connectivity index (χ3n) is 4.02. The number of halogens is 1. The quantitative estimate of drug-likeness (QED) is 0.727. The smallest absolute Gasteiger partial charge is 0.0618 e. The van der Waals surface area contributed by atoms with Crippen LogP contribution >= 0.6 is 11.6 Å². The Morgan fingerprint density at radius 2 is 1.82 bits per heavy atom. The van der Waals surface area contributed by atoms with Gasteiger partial charge in [-0.3, -0.25) is 4.98 Å². The summed E-state index contributed by atoms with van der Waals surface area (Å²) < 4.78 is 0. The second-order valence-electron chi connectivity index (χ2n) is 5.76. The lowest BCUT2D eigenvalue weighted by Gasteiger charge is -2.13. The second kappa shape index (κ2) is 6.07. The zero-order chi connectivity index (χ0) is 15.7. The van der Waals surface area contributed by atoms with Gasteiger partial charge in [0, 0.05) is 34.3 Å². The third-order valence-corrected chi connectivity index (χ3v) is 4.35. The summed E-state index contributed by atoms with van der Waals surface area (Å²) in [5.74, 6) is 0.471. The minimum atomic E-state index is 0.431. The van der Waals surface area contributed by atoms with Gasteiger partial charge in [0.15, 0.2) is 0 Å². The van der Waals surface area contributed by atoms with Crippen molar-refractivity contribution in [2.45, 2.75) is 26.3 Å². The first-order valence-corrected chi connectivity index (χ1v) is 7.86. The summed E-state index contributed by atoms with van der Waals surface area (Å²) in [6.45, 7) is 4.81. The number of aromatic nitrogens is 1. The van der Waals surface area contributed by atoms with Crippen molar-refractivity contribution >= 4 is 22.4 Å². The molecule has 0 bridgehead atoms. The van der Waals surface area contributed by atoms with Gasteiger partial charge in [-0.15, -0.1) is 0 Å². The van der Waals surface area contributed by atoms with Crippen molar-refractivity contribution < 1.29 is 0 Å². The maximum atomic E-state index is 6.36. The fraction of sp³-hybridized carbons (Fsp3) is 0.211. The third kappa shape index (κ3) is 2.60. The Labute approximate surface area is 135 Å². The van der Waals surface area contributed by atoms with E-state index in [0.29, 0.717) is 12.5 Å². The van der Waals surface area contributed by atoms with E-state index in [0.717, 1.165) is 32.6 Å². The minimum Gasteiger partial charge on any atom is -0.325 e. The molecule has 0 fully saturated rings. The van der Waals surface area contributed by atoms with Crippen LogP contribution in [0.15, 0.2) is 48.7 Å². The Hall–Kier alpha value is -1.90. The van der Waals surface area contributed by atoms with E-state index in [9.17, 15) is 0 Å². The molecule has 2 nitrogen and oxygen atoms in total. The highest BCUT2D eigenvalue weighted by Crippen LogP contribution is 2.35. The highest BCUT2D eigenvalue weighted by Gasteiger charge is 2.12. The Bertz CT molecular complexity index is 825. The Balaban J connectivity index is 2.32. The van der Waals surface area contributed by atoms with Gasteiger partial charge in [-0.1, -0.05) is 55.8 Å². The number of rotatable bonds is 3. The minimum absolute atomic E-state index is 0.431. The molecule has 22 heavy (non-hydrogen) atoms. The maximum absolute atomic E-state index is 6.36. The van der Waals surface area contributed by atoms with Gasteiger partial charge < -0.3 is 5.73 Å². The molecule has 3 rings (SSSR count). The number of fused-ring (bicyclic) bond motifs is 1. The molecule has 1 heterocycles. The molecule has 0 saturated heterocycles.